The molecule has 0 saturated heterocycles. The number of aromatic nitrogens is 2. The lowest BCUT2D eigenvalue weighted by Crippen LogP contribution is -2.10. The Morgan fingerprint density at radius 3 is 3.05 bits per heavy atom. The van der Waals surface area contributed by atoms with Gasteiger partial charge in [0, 0.05) is 10.9 Å². The van der Waals surface area contributed by atoms with Gasteiger partial charge in [-0.3, -0.25) is 4.40 Å². The number of hydrogen-bond donors (Lipinski definition) is 0. The summed E-state index contributed by atoms with van der Waals surface area (Å²) < 4.78 is 11.6. The van der Waals surface area contributed by atoms with Crippen LogP contribution in [-0.2, 0) is 4.74 Å². The molecule has 0 fully saturated rings. The number of fused-ring (bicyclic) bond motifs is 1. The lowest BCUT2D eigenvalue weighted by atomic mass is 10.2. The number of carbonyl (C=O) groups excluding carboxylic acids is 1. The molecule has 0 amide bonds. The van der Waals surface area contributed by atoms with E-state index in [1.807, 2.05) is 34.0 Å². The van der Waals surface area contributed by atoms with Crippen LogP contribution in [0.2, 0.25) is 0 Å². The molecule has 3 rings (SSSR count). The largest absolute Gasteiger partial charge is 0.515 e. The summed E-state index contributed by atoms with van der Waals surface area (Å²) in [5.41, 5.74) is 2.81. The first-order valence-electron chi connectivity index (χ1n) is 6.13. The topological polar surface area (TPSA) is 52.8 Å². The zero-order valence-electron chi connectivity index (χ0n) is 10.8. The molecule has 3 aromatic rings. The maximum atomic E-state index is 11.3. The van der Waals surface area contributed by atoms with E-state index in [-0.39, 0.29) is 12.5 Å². The molecular formula is C14H12N2O3S. The van der Waals surface area contributed by atoms with Gasteiger partial charge in [0.05, 0.1) is 18.5 Å². The Morgan fingerprint density at radius 1 is 1.40 bits per heavy atom. The monoisotopic (exact) mass is 288 g/mol. The molecule has 0 N–H and O–H groups in total. The normalized spacial score (nSPS) is 10.7. The van der Waals surface area contributed by atoms with Crippen LogP contribution < -0.4 is 4.74 Å². The number of rotatable bonds is 3. The average Bonchev–Trinajstić information content (AvgIpc) is 3.06. The second-order valence-corrected chi connectivity index (χ2v) is 4.80. The first-order chi connectivity index (χ1) is 9.78. The van der Waals surface area contributed by atoms with E-state index in [2.05, 4.69) is 10.4 Å². The highest BCUT2D eigenvalue weighted by Crippen LogP contribution is 2.25. The number of thiophene rings is 1. The van der Waals surface area contributed by atoms with Gasteiger partial charge < -0.3 is 9.47 Å². The second-order valence-electron chi connectivity index (χ2n) is 4.02. The van der Waals surface area contributed by atoms with Gasteiger partial charge in [0.25, 0.3) is 0 Å². The zero-order valence-corrected chi connectivity index (χ0v) is 11.6. The second kappa shape index (κ2) is 5.34. The van der Waals surface area contributed by atoms with E-state index in [0.29, 0.717) is 5.65 Å². The number of carbonyl (C=O) groups is 1. The fourth-order valence-corrected chi connectivity index (χ4v) is 2.57. The van der Waals surface area contributed by atoms with Crippen molar-refractivity contribution >= 4 is 23.1 Å². The van der Waals surface area contributed by atoms with Crippen LogP contribution in [0.3, 0.4) is 0 Å². The lowest BCUT2D eigenvalue weighted by molar-refractivity contribution is 0.103. The van der Waals surface area contributed by atoms with E-state index in [4.69, 9.17) is 9.47 Å². The minimum Gasteiger partial charge on any atom is -0.434 e. The Balaban J connectivity index is 1.99. The van der Waals surface area contributed by atoms with E-state index >= 15 is 0 Å². The van der Waals surface area contributed by atoms with Crippen LogP contribution in [0.4, 0.5) is 4.79 Å². The Labute approximate surface area is 119 Å². The molecule has 0 radical (unpaired) electrons. The summed E-state index contributed by atoms with van der Waals surface area (Å²) in [5, 5.41) is 4.07. The van der Waals surface area contributed by atoms with Crippen LogP contribution in [0.1, 0.15) is 6.92 Å². The van der Waals surface area contributed by atoms with Gasteiger partial charge in [-0.05, 0) is 30.5 Å². The molecule has 0 atom stereocenters. The van der Waals surface area contributed by atoms with Crippen molar-refractivity contribution in [1.29, 1.82) is 0 Å². The molecule has 0 aromatic carbocycles. The van der Waals surface area contributed by atoms with Crippen LogP contribution >= 0.6 is 11.3 Å². The van der Waals surface area contributed by atoms with E-state index in [1.54, 1.807) is 24.5 Å². The molecule has 20 heavy (non-hydrogen) atoms. The summed E-state index contributed by atoms with van der Waals surface area (Å²) in [6, 6.07) is 7.80. The number of hydrogen-bond acceptors (Lipinski definition) is 5. The molecule has 102 valence electrons. The summed E-state index contributed by atoms with van der Waals surface area (Å²) in [4.78, 5) is 15.6. The molecule has 3 heterocycles. The van der Waals surface area contributed by atoms with E-state index in [9.17, 15) is 4.79 Å². The SMILES string of the molecule is CCOC(=O)Oc1cn2c(-c3ccsc3)cccc2n1. The number of ether oxygens (including phenoxy) is 2. The van der Waals surface area contributed by atoms with Crippen LogP contribution in [0.25, 0.3) is 16.9 Å². The van der Waals surface area contributed by atoms with Gasteiger partial charge in [-0.25, -0.2) is 4.79 Å². The molecule has 0 aliphatic heterocycles. The summed E-state index contributed by atoms with van der Waals surface area (Å²) in [7, 11) is 0. The minimum atomic E-state index is -0.743. The molecule has 0 saturated carbocycles. The first-order valence-corrected chi connectivity index (χ1v) is 7.07. The highest BCUT2D eigenvalue weighted by Gasteiger charge is 2.11. The molecule has 0 unspecified atom stereocenters. The summed E-state index contributed by atoms with van der Waals surface area (Å²) in [6.45, 7) is 1.99. The smallest absolute Gasteiger partial charge is 0.434 e. The zero-order chi connectivity index (χ0) is 13.9. The third-order valence-corrected chi connectivity index (χ3v) is 3.42. The molecule has 5 nitrogen and oxygen atoms in total. The van der Waals surface area contributed by atoms with Crippen LogP contribution in [0.15, 0.2) is 41.2 Å². The standard InChI is InChI=1S/C14H12N2O3S/c1-2-18-14(17)19-13-8-16-11(10-6-7-20-9-10)4-3-5-12(16)15-13/h3-9H,2H2,1H3. The Morgan fingerprint density at radius 2 is 2.30 bits per heavy atom. The lowest BCUT2D eigenvalue weighted by Gasteiger charge is -2.01. The van der Waals surface area contributed by atoms with Crippen molar-refractivity contribution in [2.75, 3.05) is 6.61 Å². The highest BCUT2D eigenvalue weighted by molar-refractivity contribution is 7.08. The predicted octanol–water partition coefficient (Wildman–Crippen LogP) is 3.60. The van der Waals surface area contributed by atoms with Gasteiger partial charge >= 0.3 is 6.16 Å². The van der Waals surface area contributed by atoms with Crippen molar-refractivity contribution in [3.8, 4) is 17.1 Å². The third-order valence-electron chi connectivity index (χ3n) is 2.74. The van der Waals surface area contributed by atoms with Gasteiger partial charge in [0.15, 0.2) is 0 Å². The molecule has 0 aliphatic rings. The number of imidazole rings is 1. The van der Waals surface area contributed by atoms with Crippen molar-refractivity contribution in [3.63, 3.8) is 0 Å². The minimum absolute atomic E-state index is 0.228. The van der Waals surface area contributed by atoms with Crippen molar-refractivity contribution in [3.05, 3.63) is 41.2 Å². The molecule has 0 bridgehead atoms. The van der Waals surface area contributed by atoms with Crippen LogP contribution in [-0.4, -0.2) is 22.1 Å². The Hall–Kier alpha value is -2.34. The summed E-state index contributed by atoms with van der Waals surface area (Å²) in [6.07, 6.45) is 0.937. The van der Waals surface area contributed by atoms with Gasteiger partial charge in [0.1, 0.15) is 5.65 Å². The van der Waals surface area contributed by atoms with Crippen molar-refractivity contribution in [1.82, 2.24) is 9.38 Å². The Bertz CT molecular complexity index is 734. The maximum absolute atomic E-state index is 11.3. The fraction of sp³-hybridized carbons (Fsp3) is 0.143. The highest BCUT2D eigenvalue weighted by atomic mass is 32.1. The van der Waals surface area contributed by atoms with Gasteiger partial charge in [-0.2, -0.15) is 16.3 Å². The van der Waals surface area contributed by atoms with E-state index < -0.39 is 6.16 Å². The van der Waals surface area contributed by atoms with Crippen molar-refractivity contribution in [2.45, 2.75) is 6.92 Å². The van der Waals surface area contributed by atoms with Crippen molar-refractivity contribution < 1.29 is 14.3 Å². The predicted molar refractivity (Wildman–Crippen MR) is 76.2 cm³/mol. The summed E-state index contributed by atoms with van der Waals surface area (Å²) >= 11 is 1.63. The van der Waals surface area contributed by atoms with Gasteiger partial charge in [-0.15, -0.1) is 0 Å². The third kappa shape index (κ3) is 2.37. The van der Waals surface area contributed by atoms with E-state index in [1.165, 1.54) is 0 Å². The van der Waals surface area contributed by atoms with Gasteiger partial charge in [0.2, 0.25) is 5.88 Å². The summed E-state index contributed by atoms with van der Waals surface area (Å²) in [5.74, 6) is 0.228. The van der Waals surface area contributed by atoms with Gasteiger partial charge in [-0.1, -0.05) is 6.07 Å². The number of nitrogens with zero attached hydrogens (tertiary/aromatic N) is 2. The molecule has 0 aliphatic carbocycles. The first kappa shape index (κ1) is 12.7. The van der Waals surface area contributed by atoms with Crippen LogP contribution in [0.5, 0.6) is 5.88 Å². The maximum Gasteiger partial charge on any atom is 0.515 e. The fourth-order valence-electron chi connectivity index (χ4n) is 1.92. The molecule has 6 heteroatoms. The molecule has 0 spiro atoms. The average molecular weight is 288 g/mol. The number of pyridine rings is 1. The van der Waals surface area contributed by atoms with Crippen LogP contribution in [0, 0.1) is 0 Å². The quantitative estimate of drug-likeness (QED) is 0.691. The molecular weight excluding hydrogens is 276 g/mol. The van der Waals surface area contributed by atoms with Crippen molar-refractivity contribution in [2.24, 2.45) is 0 Å². The molecule has 3 aromatic heterocycles. The van der Waals surface area contributed by atoms with E-state index in [0.717, 1.165) is 11.3 Å². The Kier molecular flexibility index (Phi) is 3.39.